The molecule has 0 bridgehead atoms. The predicted molar refractivity (Wildman–Crippen MR) is 117 cm³/mol. The van der Waals surface area contributed by atoms with E-state index in [9.17, 15) is 4.79 Å². The molecular weight excluding hydrogens is 392 g/mol. The molecule has 0 spiro atoms. The molecule has 5 rings (SSSR count). The molecule has 7 nitrogen and oxygen atoms in total. The van der Waals surface area contributed by atoms with Crippen molar-refractivity contribution >= 4 is 11.6 Å². The monoisotopic (exact) mass is 414 g/mol. The van der Waals surface area contributed by atoms with E-state index in [0.29, 0.717) is 5.65 Å². The number of rotatable bonds is 6. The van der Waals surface area contributed by atoms with E-state index < -0.39 is 12.6 Å². The summed E-state index contributed by atoms with van der Waals surface area (Å²) in [7, 11) is 0. The molecule has 1 saturated carbocycles. The first kappa shape index (κ1) is 19.3. The van der Waals surface area contributed by atoms with E-state index in [1.165, 1.54) is 6.42 Å². The van der Waals surface area contributed by atoms with E-state index in [1.54, 1.807) is 16.6 Å². The first-order valence-corrected chi connectivity index (χ1v) is 10.2. The number of nitrogens with zero attached hydrogens (tertiary/aromatic N) is 3. The summed E-state index contributed by atoms with van der Waals surface area (Å²) in [5.41, 5.74) is 11.6. The molecule has 0 atom stereocenters. The standard InChI is InChI=1S/C24H22N4O3/c25-24(13-4-14-24)18-9-7-16(8-10-18)22-23(17-5-2-1-3-6-17)28-19(26-22)11-12-20(27-28)31-15-21(29)30/h1-3,5-12H,4,13-15,25H2,(H,29,30). The Morgan fingerprint density at radius 2 is 1.77 bits per heavy atom. The van der Waals surface area contributed by atoms with E-state index >= 15 is 0 Å². The lowest BCUT2D eigenvalue weighted by atomic mass is 9.72. The number of aliphatic carboxylic acids is 1. The molecule has 2 aromatic heterocycles. The first-order chi connectivity index (χ1) is 15.0. The minimum atomic E-state index is -1.05. The molecule has 0 saturated heterocycles. The van der Waals surface area contributed by atoms with Gasteiger partial charge in [-0.25, -0.2) is 14.3 Å². The lowest BCUT2D eigenvalue weighted by Gasteiger charge is -2.38. The smallest absolute Gasteiger partial charge is 0.341 e. The fraction of sp³-hybridized carbons (Fsp3) is 0.208. The van der Waals surface area contributed by atoms with Crippen LogP contribution in [0.3, 0.4) is 0 Å². The molecule has 156 valence electrons. The molecule has 1 aliphatic carbocycles. The summed E-state index contributed by atoms with van der Waals surface area (Å²) in [4.78, 5) is 15.7. The van der Waals surface area contributed by atoms with Crippen molar-refractivity contribution in [2.75, 3.05) is 6.61 Å². The van der Waals surface area contributed by atoms with Gasteiger partial charge in [0, 0.05) is 22.7 Å². The van der Waals surface area contributed by atoms with Crippen LogP contribution in [0.4, 0.5) is 0 Å². The van der Waals surface area contributed by atoms with Gasteiger partial charge in [0.15, 0.2) is 12.3 Å². The quantitative estimate of drug-likeness (QED) is 0.497. The summed E-state index contributed by atoms with van der Waals surface area (Å²) in [5, 5.41) is 13.4. The third kappa shape index (κ3) is 3.53. The summed E-state index contributed by atoms with van der Waals surface area (Å²) in [6.07, 6.45) is 3.19. The van der Waals surface area contributed by atoms with Crippen molar-refractivity contribution in [3.8, 4) is 28.4 Å². The summed E-state index contributed by atoms with van der Waals surface area (Å²) < 4.78 is 6.98. The Morgan fingerprint density at radius 1 is 1.03 bits per heavy atom. The fourth-order valence-corrected chi connectivity index (χ4v) is 3.99. The first-order valence-electron chi connectivity index (χ1n) is 10.2. The summed E-state index contributed by atoms with van der Waals surface area (Å²) in [6, 6.07) is 21.5. The molecule has 0 aliphatic heterocycles. The van der Waals surface area contributed by atoms with E-state index in [2.05, 4.69) is 29.4 Å². The Balaban J connectivity index is 1.62. The molecule has 1 fully saturated rings. The highest BCUT2D eigenvalue weighted by atomic mass is 16.5. The lowest BCUT2D eigenvalue weighted by Crippen LogP contribution is -2.43. The topological polar surface area (TPSA) is 103 Å². The number of fused-ring (bicyclic) bond motifs is 1. The van der Waals surface area contributed by atoms with E-state index in [-0.39, 0.29) is 11.4 Å². The molecule has 7 heteroatoms. The van der Waals surface area contributed by atoms with Gasteiger partial charge < -0.3 is 15.6 Å². The number of ether oxygens (including phenoxy) is 1. The Kier molecular flexibility index (Phi) is 4.67. The van der Waals surface area contributed by atoms with Crippen molar-refractivity contribution in [2.24, 2.45) is 5.73 Å². The van der Waals surface area contributed by atoms with Crippen LogP contribution in [0.2, 0.25) is 0 Å². The van der Waals surface area contributed by atoms with Gasteiger partial charge in [-0.3, -0.25) is 0 Å². The number of hydrogen-bond acceptors (Lipinski definition) is 5. The summed E-state index contributed by atoms with van der Waals surface area (Å²) in [5.74, 6) is -0.831. The molecule has 4 aromatic rings. The zero-order chi connectivity index (χ0) is 21.4. The number of carboxylic acids is 1. The second-order valence-electron chi connectivity index (χ2n) is 7.89. The average molecular weight is 414 g/mol. The van der Waals surface area contributed by atoms with Crippen LogP contribution in [0.15, 0.2) is 66.7 Å². The molecule has 3 N–H and O–H groups in total. The van der Waals surface area contributed by atoms with Crippen molar-refractivity contribution in [2.45, 2.75) is 24.8 Å². The number of nitrogens with two attached hydrogens (primary N) is 1. The summed E-state index contributed by atoms with van der Waals surface area (Å²) >= 11 is 0. The van der Waals surface area contributed by atoms with Crippen LogP contribution in [0.1, 0.15) is 24.8 Å². The maximum Gasteiger partial charge on any atom is 0.341 e. The molecule has 2 heterocycles. The lowest BCUT2D eigenvalue weighted by molar-refractivity contribution is -0.139. The van der Waals surface area contributed by atoms with Crippen LogP contribution in [0.5, 0.6) is 5.88 Å². The number of carboxylic acid groups (broad SMARTS) is 1. The molecule has 1 aliphatic rings. The maximum atomic E-state index is 10.9. The van der Waals surface area contributed by atoms with Crippen molar-refractivity contribution in [1.82, 2.24) is 14.6 Å². The fourth-order valence-electron chi connectivity index (χ4n) is 3.99. The molecule has 0 unspecified atom stereocenters. The van der Waals surface area contributed by atoms with Gasteiger partial charge in [-0.15, -0.1) is 5.10 Å². The zero-order valence-electron chi connectivity index (χ0n) is 16.9. The Hall–Kier alpha value is -3.71. The van der Waals surface area contributed by atoms with Gasteiger partial charge in [0.25, 0.3) is 0 Å². The minimum absolute atomic E-state index is 0.211. The minimum Gasteiger partial charge on any atom is -0.479 e. The molecular formula is C24H22N4O3. The number of aromatic nitrogens is 3. The maximum absolute atomic E-state index is 10.9. The third-order valence-corrected chi connectivity index (χ3v) is 5.82. The van der Waals surface area contributed by atoms with Gasteiger partial charge in [-0.1, -0.05) is 54.6 Å². The van der Waals surface area contributed by atoms with Crippen molar-refractivity contribution < 1.29 is 14.6 Å². The highest BCUT2D eigenvalue weighted by Crippen LogP contribution is 2.40. The van der Waals surface area contributed by atoms with Gasteiger partial charge in [0.1, 0.15) is 5.69 Å². The highest BCUT2D eigenvalue weighted by Gasteiger charge is 2.34. The van der Waals surface area contributed by atoms with E-state index in [0.717, 1.165) is 40.9 Å². The largest absolute Gasteiger partial charge is 0.479 e. The van der Waals surface area contributed by atoms with Crippen molar-refractivity contribution in [1.29, 1.82) is 0 Å². The van der Waals surface area contributed by atoms with E-state index in [4.69, 9.17) is 20.6 Å². The number of imidazole rings is 1. The number of benzene rings is 2. The molecule has 0 amide bonds. The molecule has 2 aromatic carbocycles. The molecule has 31 heavy (non-hydrogen) atoms. The van der Waals surface area contributed by atoms with Crippen LogP contribution in [0, 0.1) is 0 Å². The normalized spacial score (nSPS) is 14.9. The van der Waals surface area contributed by atoms with Gasteiger partial charge in [0.05, 0.1) is 5.69 Å². The SMILES string of the molecule is NC1(c2ccc(-c3nc4ccc(OCC(=O)O)nn4c3-c3ccccc3)cc2)CCC1. The predicted octanol–water partition coefficient (Wildman–Crippen LogP) is 3.86. The van der Waals surface area contributed by atoms with Gasteiger partial charge in [-0.05, 0) is 30.9 Å². The van der Waals surface area contributed by atoms with Crippen LogP contribution in [-0.4, -0.2) is 32.3 Å². The van der Waals surface area contributed by atoms with Gasteiger partial charge >= 0.3 is 5.97 Å². The van der Waals surface area contributed by atoms with Crippen LogP contribution < -0.4 is 10.5 Å². The summed E-state index contributed by atoms with van der Waals surface area (Å²) in [6.45, 7) is -0.455. The Morgan fingerprint density at radius 3 is 2.42 bits per heavy atom. The average Bonchev–Trinajstić information content (AvgIpc) is 3.15. The van der Waals surface area contributed by atoms with E-state index in [1.807, 2.05) is 30.3 Å². The van der Waals surface area contributed by atoms with Crippen LogP contribution in [-0.2, 0) is 10.3 Å². The van der Waals surface area contributed by atoms with Crippen LogP contribution >= 0.6 is 0 Å². The Labute approximate surface area is 179 Å². The van der Waals surface area contributed by atoms with Gasteiger partial charge in [-0.2, -0.15) is 0 Å². The second-order valence-corrected chi connectivity index (χ2v) is 7.89. The van der Waals surface area contributed by atoms with Crippen molar-refractivity contribution in [3.63, 3.8) is 0 Å². The van der Waals surface area contributed by atoms with Crippen LogP contribution in [0.25, 0.3) is 28.2 Å². The Bertz CT molecular complexity index is 1250. The third-order valence-electron chi connectivity index (χ3n) is 5.82. The number of hydrogen-bond donors (Lipinski definition) is 2. The zero-order valence-corrected chi connectivity index (χ0v) is 16.9. The highest BCUT2D eigenvalue weighted by molar-refractivity contribution is 5.81. The molecule has 0 radical (unpaired) electrons. The van der Waals surface area contributed by atoms with Gasteiger partial charge in [0.2, 0.25) is 5.88 Å². The second kappa shape index (κ2) is 7.52. The number of carbonyl (C=O) groups is 1. The van der Waals surface area contributed by atoms with Crippen molar-refractivity contribution in [3.05, 3.63) is 72.3 Å².